The SMILES string of the molecule is CCOC(=O)c1cccc(NC(=O)C(C#N)=Cc2ccc(OC)cc2)c1. The van der Waals surface area contributed by atoms with Gasteiger partial charge in [-0.05, 0) is 48.9 Å². The second kappa shape index (κ2) is 9.04. The Hall–Kier alpha value is -3.59. The lowest BCUT2D eigenvalue weighted by Crippen LogP contribution is -2.14. The van der Waals surface area contributed by atoms with E-state index in [1.165, 1.54) is 12.1 Å². The molecule has 0 fully saturated rings. The standard InChI is InChI=1S/C20H18N2O4/c1-3-26-20(24)15-5-4-6-17(12-15)22-19(23)16(13-21)11-14-7-9-18(25-2)10-8-14/h4-12H,3H2,1-2H3,(H,22,23). The lowest BCUT2D eigenvalue weighted by Gasteiger charge is -2.07. The number of nitrogens with zero attached hydrogens (tertiary/aromatic N) is 1. The summed E-state index contributed by atoms with van der Waals surface area (Å²) in [5, 5.41) is 11.9. The molecule has 6 heteroatoms. The lowest BCUT2D eigenvalue weighted by atomic mass is 10.1. The molecule has 0 atom stereocenters. The summed E-state index contributed by atoms with van der Waals surface area (Å²) in [4.78, 5) is 24.1. The third kappa shape index (κ3) is 4.95. The van der Waals surface area contributed by atoms with Crippen LogP contribution >= 0.6 is 0 Å². The Morgan fingerprint density at radius 3 is 2.54 bits per heavy atom. The summed E-state index contributed by atoms with van der Waals surface area (Å²) in [5.41, 5.74) is 1.35. The number of methoxy groups -OCH3 is 1. The van der Waals surface area contributed by atoms with Crippen molar-refractivity contribution in [3.8, 4) is 11.8 Å². The van der Waals surface area contributed by atoms with Crippen molar-refractivity contribution in [2.45, 2.75) is 6.92 Å². The number of amides is 1. The van der Waals surface area contributed by atoms with Gasteiger partial charge in [0.1, 0.15) is 17.4 Å². The van der Waals surface area contributed by atoms with E-state index in [1.807, 2.05) is 6.07 Å². The summed E-state index contributed by atoms with van der Waals surface area (Å²) in [6, 6.07) is 15.2. The molecule has 0 radical (unpaired) electrons. The van der Waals surface area contributed by atoms with Gasteiger partial charge in [-0.3, -0.25) is 4.79 Å². The first-order valence-electron chi connectivity index (χ1n) is 7.91. The van der Waals surface area contributed by atoms with E-state index in [-0.39, 0.29) is 12.2 Å². The van der Waals surface area contributed by atoms with Crippen molar-refractivity contribution in [3.05, 3.63) is 65.2 Å². The number of anilines is 1. The third-order valence-electron chi connectivity index (χ3n) is 3.42. The Morgan fingerprint density at radius 1 is 1.19 bits per heavy atom. The fourth-order valence-electron chi connectivity index (χ4n) is 2.15. The van der Waals surface area contributed by atoms with Crippen LogP contribution in [0.2, 0.25) is 0 Å². The molecule has 0 aromatic heterocycles. The average molecular weight is 350 g/mol. The van der Waals surface area contributed by atoms with Crippen molar-refractivity contribution in [1.82, 2.24) is 0 Å². The van der Waals surface area contributed by atoms with E-state index in [4.69, 9.17) is 9.47 Å². The van der Waals surface area contributed by atoms with Crippen molar-refractivity contribution in [2.24, 2.45) is 0 Å². The van der Waals surface area contributed by atoms with E-state index >= 15 is 0 Å². The minimum absolute atomic E-state index is 0.0586. The topological polar surface area (TPSA) is 88.4 Å². The van der Waals surface area contributed by atoms with Crippen molar-refractivity contribution in [1.29, 1.82) is 5.26 Å². The zero-order valence-electron chi connectivity index (χ0n) is 14.5. The second-order valence-electron chi connectivity index (χ2n) is 5.20. The van der Waals surface area contributed by atoms with Gasteiger partial charge in [0.15, 0.2) is 0 Å². The summed E-state index contributed by atoms with van der Waals surface area (Å²) in [6.07, 6.45) is 1.48. The molecular weight excluding hydrogens is 332 g/mol. The summed E-state index contributed by atoms with van der Waals surface area (Å²) < 4.78 is 10.0. The first-order chi connectivity index (χ1) is 12.6. The highest BCUT2D eigenvalue weighted by Gasteiger charge is 2.12. The van der Waals surface area contributed by atoms with Crippen LogP contribution in [0.25, 0.3) is 6.08 Å². The number of benzene rings is 2. The highest BCUT2D eigenvalue weighted by molar-refractivity contribution is 6.10. The molecule has 0 saturated carbocycles. The lowest BCUT2D eigenvalue weighted by molar-refractivity contribution is -0.112. The van der Waals surface area contributed by atoms with E-state index in [0.29, 0.717) is 22.6 Å². The predicted molar refractivity (Wildman–Crippen MR) is 97.6 cm³/mol. The molecule has 132 valence electrons. The van der Waals surface area contributed by atoms with Gasteiger partial charge in [-0.2, -0.15) is 5.26 Å². The highest BCUT2D eigenvalue weighted by Crippen LogP contribution is 2.16. The van der Waals surface area contributed by atoms with Gasteiger partial charge in [-0.25, -0.2) is 4.79 Å². The Morgan fingerprint density at radius 2 is 1.92 bits per heavy atom. The highest BCUT2D eigenvalue weighted by atomic mass is 16.5. The summed E-state index contributed by atoms with van der Waals surface area (Å²) in [5.74, 6) is -0.358. The number of hydrogen-bond donors (Lipinski definition) is 1. The third-order valence-corrected chi connectivity index (χ3v) is 3.42. The molecular formula is C20H18N2O4. The van der Waals surface area contributed by atoms with Crippen LogP contribution in [0, 0.1) is 11.3 Å². The molecule has 0 aliphatic heterocycles. The molecule has 0 unspecified atom stereocenters. The van der Waals surface area contributed by atoms with Crippen molar-refractivity contribution in [3.63, 3.8) is 0 Å². The number of carbonyl (C=O) groups is 2. The van der Waals surface area contributed by atoms with Crippen LogP contribution in [0.1, 0.15) is 22.8 Å². The Labute approximate surface area is 151 Å². The fraction of sp³-hybridized carbons (Fsp3) is 0.150. The van der Waals surface area contributed by atoms with E-state index < -0.39 is 11.9 Å². The van der Waals surface area contributed by atoms with E-state index in [2.05, 4.69) is 5.32 Å². The Bertz CT molecular complexity index is 864. The van der Waals surface area contributed by atoms with E-state index in [0.717, 1.165) is 0 Å². The fourth-order valence-corrected chi connectivity index (χ4v) is 2.15. The molecule has 0 spiro atoms. The Balaban J connectivity index is 2.16. The van der Waals surface area contributed by atoms with Gasteiger partial charge >= 0.3 is 5.97 Å². The first kappa shape index (κ1) is 18.7. The zero-order chi connectivity index (χ0) is 18.9. The quantitative estimate of drug-likeness (QED) is 0.490. The molecule has 0 bridgehead atoms. The minimum atomic E-state index is -0.565. The molecule has 2 rings (SSSR count). The van der Waals surface area contributed by atoms with Gasteiger partial charge in [-0.1, -0.05) is 18.2 Å². The number of ether oxygens (including phenoxy) is 2. The summed E-state index contributed by atoms with van der Waals surface area (Å²) in [6.45, 7) is 1.98. The Kier molecular flexibility index (Phi) is 6.52. The minimum Gasteiger partial charge on any atom is -0.497 e. The van der Waals surface area contributed by atoms with Crippen LogP contribution in [0.4, 0.5) is 5.69 Å². The monoisotopic (exact) mass is 350 g/mol. The van der Waals surface area contributed by atoms with Crippen LogP contribution in [0.15, 0.2) is 54.1 Å². The van der Waals surface area contributed by atoms with Crippen LogP contribution in [-0.2, 0) is 9.53 Å². The molecule has 6 nitrogen and oxygen atoms in total. The number of esters is 1. The van der Waals surface area contributed by atoms with Gasteiger partial charge in [0.25, 0.3) is 5.91 Å². The zero-order valence-corrected chi connectivity index (χ0v) is 14.5. The molecule has 0 aliphatic carbocycles. The van der Waals surface area contributed by atoms with Gasteiger partial charge in [0.05, 0.1) is 19.3 Å². The van der Waals surface area contributed by atoms with Gasteiger partial charge in [-0.15, -0.1) is 0 Å². The summed E-state index contributed by atoms with van der Waals surface area (Å²) >= 11 is 0. The van der Waals surface area contributed by atoms with Crippen LogP contribution in [-0.4, -0.2) is 25.6 Å². The summed E-state index contributed by atoms with van der Waals surface area (Å²) in [7, 11) is 1.56. The first-order valence-corrected chi connectivity index (χ1v) is 7.91. The second-order valence-corrected chi connectivity index (χ2v) is 5.20. The molecule has 1 N–H and O–H groups in total. The molecule has 0 aliphatic rings. The van der Waals surface area contributed by atoms with Crippen LogP contribution in [0.3, 0.4) is 0 Å². The molecule has 2 aromatic rings. The normalized spacial score (nSPS) is 10.6. The maximum atomic E-state index is 12.3. The van der Waals surface area contributed by atoms with Gasteiger partial charge < -0.3 is 14.8 Å². The largest absolute Gasteiger partial charge is 0.497 e. The number of nitrogens with one attached hydrogen (secondary N) is 1. The number of hydrogen-bond acceptors (Lipinski definition) is 5. The maximum absolute atomic E-state index is 12.3. The van der Waals surface area contributed by atoms with E-state index in [1.54, 1.807) is 56.5 Å². The average Bonchev–Trinajstić information content (AvgIpc) is 2.67. The smallest absolute Gasteiger partial charge is 0.338 e. The molecule has 0 saturated heterocycles. The molecule has 1 amide bonds. The molecule has 0 heterocycles. The maximum Gasteiger partial charge on any atom is 0.338 e. The number of nitriles is 1. The van der Waals surface area contributed by atoms with E-state index in [9.17, 15) is 14.9 Å². The molecule has 26 heavy (non-hydrogen) atoms. The van der Waals surface area contributed by atoms with Crippen molar-refractivity contribution < 1.29 is 19.1 Å². The van der Waals surface area contributed by atoms with Crippen molar-refractivity contribution >= 4 is 23.6 Å². The van der Waals surface area contributed by atoms with Crippen LogP contribution < -0.4 is 10.1 Å². The van der Waals surface area contributed by atoms with Gasteiger partial charge in [0, 0.05) is 5.69 Å². The number of rotatable bonds is 6. The predicted octanol–water partition coefficient (Wildman–Crippen LogP) is 3.42. The number of carbonyl (C=O) groups excluding carboxylic acids is 2. The molecule has 2 aromatic carbocycles. The van der Waals surface area contributed by atoms with Crippen molar-refractivity contribution in [2.75, 3.05) is 19.0 Å². The van der Waals surface area contributed by atoms with Gasteiger partial charge in [0.2, 0.25) is 0 Å². The van der Waals surface area contributed by atoms with Crippen LogP contribution in [0.5, 0.6) is 5.75 Å².